The Hall–Kier alpha value is -4.40. The SMILES string of the molecule is COc1cc(F)c(O[C@H]2CC[C@@](C)(C(=O)OCc3cccc4ccccc34)CC2)cc1C(=O)N[C@@H]1CC=CC[C@@H]1C(=O)NCC1(C)CCC1. The lowest BCUT2D eigenvalue weighted by atomic mass is 9.70. The van der Waals surface area contributed by atoms with Crippen LogP contribution < -0.4 is 20.1 Å². The Kier molecular flexibility index (Phi) is 10.3. The molecule has 6 rings (SSSR count). The van der Waals surface area contributed by atoms with Gasteiger partial charge in [0.15, 0.2) is 11.6 Å². The molecule has 3 aliphatic carbocycles. The van der Waals surface area contributed by atoms with E-state index in [1.807, 2.05) is 61.5 Å². The Balaban J connectivity index is 1.06. The largest absolute Gasteiger partial charge is 0.496 e. The van der Waals surface area contributed by atoms with Gasteiger partial charge in [-0.3, -0.25) is 14.4 Å². The maximum absolute atomic E-state index is 15.3. The molecule has 260 valence electrons. The number of ether oxygens (including phenoxy) is 3. The lowest BCUT2D eigenvalue weighted by Crippen LogP contribution is -2.49. The number of rotatable bonds is 11. The summed E-state index contributed by atoms with van der Waals surface area (Å²) in [5, 5.41) is 8.28. The normalized spacial score (nSPS) is 24.4. The van der Waals surface area contributed by atoms with E-state index in [1.165, 1.54) is 19.6 Å². The third kappa shape index (κ3) is 7.76. The molecule has 0 saturated heterocycles. The third-order valence-electron chi connectivity index (χ3n) is 10.9. The average molecular weight is 671 g/mol. The number of nitrogens with one attached hydrogen (secondary N) is 2. The molecular weight excluding hydrogens is 623 g/mol. The summed E-state index contributed by atoms with van der Waals surface area (Å²) in [5.74, 6) is -1.80. The predicted molar refractivity (Wildman–Crippen MR) is 186 cm³/mol. The van der Waals surface area contributed by atoms with Crippen molar-refractivity contribution in [2.24, 2.45) is 16.7 Å². The molecule has 0 unspecified atom stereocenters. The van der Waals surface area contributed by atoms with Gasteiger partial charge in [-0.15, -0.1) is 0 Å². The van der Waals surface area contributed by atoms with Crippen molar-refractivity contribution < 1.29 is 33.0 Å². The number of hydrogen-bond donors (Lipinski definition) is 2. The quantitative estimate of drug-likeness (QED) is 0.163. The molecule has 2 saturated carbocycles. The Bertz CT molecular complexity index is 1720. The number of benzene rings is 3. The van der Waals surface area contributed by atoms with E-state index in [1.54, 1.807) is 0 Å². The molecule has 0 aliphatic heterocycles. The Labute approximate surface area is 287 Å². The number of carbonyl (C=O) groups excluding carboxylic acids is 3. The first-order chi connectivity index (χ1) is 23.6. The van der Waals surface area contributed by atoms with Crippen molar-refractivity contribution >= 4 is 28.6 Å². The number of esters is 1. The third-order valence-corrected chi connectivity index (χ3v) is 10.9. The van der Waals surface area contributed by atoms with Crippen LogP contribution >= 0.6 is 0 Å². The van der Waals surface area contributed by atoms with Gasteiger partial charge in [0.25, 0.3) is 5.91 Å². The lowest BCUT2D eigenvalue weighted by Gasteiger charge is -2.39. The Morgan fingerprint density at radius 2 is 1.65 bits per heavy atom. The highest BCUT2D eigenvalue weighted by molar-refractivity contribution is 5.98. The molecule has 0 spiro atoms. The van der Waals surface area contributed by atoms with Gasteiger partial charge in [0.2, 0.25) is 5.91 Å². The Morgan fingerprint density at radius 3 is 2.39 bits per heavy atom. The van der Waals surface area contributed by atoms with Gasteiger partial charge in [-0.05, 0) is 86.1 Å². The van der Waals surface area contributed by atoms with Crippen LogP contribution in [0.5, 0.6) is 11.5 Å². The van der Waals surface area contributed by atoms with Crippen LogP contribution in [0.1, 0.15) is 87.6 Å². The predicted octanol–water partition coefficient (Wildman–Crippen LogP) is 7.43. The second-order valence-electron chi connectivity index (χ2n) is 14.6. The lowest BCUT2D eigenvalue weighted by molar-refractivity contribution is -0.159. The smallest absolute Gasteiger partial charge is 0.312 e. The summed E-state index contributed by atoms with van der Waals surface area (Å²) in [6.45, 7) is 4.92. The van der Waals surface area contributed by atoms with Gasteiger partial charge in [-0.25, -0.2) is 4.39 Å². The maximum atomic E-state index is 15.3. The fraction of sp³-hybridized carbons (Fsp3) is 0.475. The number of carbonyl (C=O) groups is 3. The van der Waals surface area contributed by atoms with Crippen molar-refractivity contribution in [2.45, 2.75) is 90.4 Å². The summed E-state index contributed by atoms with van der Waals surface area (Å²) in [7, 11) is 1.38. The van der Waals surface area contributed by atoms with Crippen LogP contribution in [0.3, 0.4) is 0 Å². The fourth-order valence-electron chi connectivity index (χ4n) is 7.34. The minimum absolute atomic E-state index is 0.0512. The number of methoxy groups -OCH3 is 1. The number of hydrogen-bond acceptors (Lipinski definition) is 6. The molecule has 0 bridgehead atoms. The second-order valence-corrected chi connectivity index (χ2v) is 14.6. The van der Waals surface area contributed by atoms with Crippen LogP contribution in [0.4, 0.5) is 4.39 Å². The van der Waals surface area contributed by atoms with Crippen LogP contribution in [-0.4, -0.2) is 43.6 Å². The van der Waals surface area contributed by atoms with Gasteiger partial charge < -0.3 is 24.8 Å². The van der Waals surface area contributed by atoms with Crippen LogP contribution in [0, 0.1) is 22.6 Å². The van der Waals surface area contributed by atoms with E-state index in [2.05, 4.69) is 17.6 Å². The van der Waals surface area contributed by atoms with Crippen molar-refractivity contribution in [3.05, 3.63) is 83.7 Å². The zero-order valence-corrected chi connectivity index (χ0v) is 28.7. The van der Waals surface area contributed by atoms with Crippen molar-refractivity contribution in [1.29, 1.82) is 0 Å². The van der Waals surface area contributed by atoms with Gasteiger partial charge in [0.05, 0.1) is 30.1 Å². The van der Waals surface area contributed by atoms with E-state index in [4.69, 9.17) is 14.2 Å². The molecule has 2 fully saturated rings. The molecule has 3 aliphatic rings. The highest BCUT2D eigenvalue weighted by atomic mass is 19.1. The minimum atomic E-state index is -0.680. The molecule has 8 nitrogen and oxygen atoms in total. The Morgan fingerprint density at radius 1 is 0.918 bits per heavy atom. The van der Waals surface area contributed by atoms with E-state index in [-0.39, 0.29) is 47.1 Å². The summed E-state index contributed by atoms with van der Waals surface area (Å²) in [4.78, 5) is 40.0. The molecule has 0 aromatic heterocycles. The highest BCUT2D eigenvalue weighted by Crippen LogP contribution is 2.41. The topological polar surface area (TPSA) is 103 Å². The van der Waals surface area contributed by atoms with Crippen molar-refractivity contribution in [1.82, 2.24) is 10.6 Å². The van der Waals surface area contributed by atoms with Crippen LogP contribution in [0.15, 0.2) is 66.7 Å². The van der Waals surface area contributed by atoms with E-state index in [0.29, 0.717) is 45.1 Å². The number of allylic oxidation sites excluding steroid dienone is 1. The standard InChI is InChI=1S/C40H47FN2O6/c1-39(18-9-19-39)25-42-36(44)30-14-6-7-15-33(30)43-37(45)31-22-35(32(41)23-34(31)47-3)49-28-16-20-40(2,21-17-28)38(46)48-24-27-12-8-11-26-10-4-5-13-29(26)27/h4-8,10-13,22-23,28,30,33H,9,14-21,24-25H2,1-3H3,(H,42,44)(H,43,45)/t28-,30-,33+,40+/m0/s1. The number of halogens is 1. The molecule has 2 amide bonds. The first-order valence-electron chi connectivity index (χ1n) is 17.5. The first-order valence-corrected chi connectivity index (χ1v) is 17.5. The van der Waals surface area contributed by atoms with E-state index in [0.717, 1.165) is 35.2 Å². The first kappa shape index (κ1) is 34.5. The summed E-state index contributed by atoms with van der Waals surface area (Å²) >= 11 is 0. The average Bonchev–Trinajstić information content (AvgIpc) is 3.10. The van der Waals surface area contributed by atoms with Gasteiger partial charge >= 0.3 is 5.97 Å². The van der Waals surface area contributed by atoms with Gasteiger partial charge in [0.1, 0.15) is 12.4 Å². The van der Waals surface area contributed by atoms with Gasteiger partial charge in [0, 0.05) is 18.7 Å². The molecule has 2 atom stereocenters. The molecule has 0 radical (unpaired) electrons. The zero-order chi connectivity index (χ0) is 34.6. The molecular formula is C40H47FN2O6. The van der Waals surface area contributed by atoms with Crippen LogP contribution in [0.25, 0.3) is 10.8 Å². The highest BCUT2D eigenvalue weighted by Gasteiger charge is 2.40. The van der Waals surface area contributed by atoms with E-state index >= 15 is 4.39 Å². The molecule has 0 heterocycles. The summed E-state index contributed by atoms with van der Waals surface area (Å²) in [6, 6.07) is 16.1. The van der Waals surface area contributed by atoms with E-state index < -0.39 is 29.1 Å². The zero-order valence-electron chi connectivity index (χ0n) is 28.7. The second kappa shape index (κ2) is 14.6. The molecule has 49 heavy (non-hydrogen) atoms. The van der Waals surface area contributed by atoms with Gasteiger partial charge in [-0.1, -0.05) is 68.0 Å². The molecule has 3 aromatic carbocycles. The summed E-state index contributed by atoms with van der Waals surface area (Å²) in [6.07, 6.45) is 10.1. The fourth-order valence-corrected chi connectivity index (χ4v) is 7.34. The number of fused-ring (bicyclic) bond motifs is 1. The van der Waals surface area contributed by atoms with Crippen molar-refractivity contribution in [3.63, 3.8) is 0 Å². The van der Waals surface area contributed by atoms with E-state index in [9.17, 15) is 14.4 Å². The minimum Gasteiger partial charge on any atom is -0.496 e. The van der Waals surface area contributed by atoms with Crippen LogP contribution in [0.2, 0.25) is 0 Å². The van der Waals surface area contributed by atoms with Gasteiger partial charge in [-0.2, -0.15) is 0 Å². The summed E-state index contributed by atoms with van der Waals surface area (Å²) < 4.78 is 32.6. The molecule has 2 N–H and O–H groups in total. The van der Waals surface area contributed by atoms with Crippen LogP contribution in [-0.2, 0) is 20.9 Å². The van der Waals surface area contributed by atoms with Crippen molar-refractivity contribution in [3.8, 4) is 11.5 Å². The molecule has 9 heteroatoms. The molecule has 3 aromatic rings. The monoisotopic (exact) mass is 670 g/mol. The van der Waals surface area contributed by atoms with Crippen molar-refractivity contribution in [2.75, 3.05) is 13.7 Å². The maximum Gasteiger partial charge on any atom is 0.312 e. The number of amides is 2. The summed E-state index contributed by atoms with van der Waals surface area (Å²) in [5.41, 5.74) is 0.557.